The lowest BCUT2D eigenvalue weighted by Crippen LogP contribution is -2.34. The van der Waals surface area contributed by atoms with Crippen molar-refractivity contribution in [1.29, 1.82) is 0 Å². The number of nitro benzene ring substituents is 1. The molecule has 0 saturated heterocycles. The van der Waals surface area contributed by atoms with Crippen LogP contribution in [0.3, 0.4) is 0 Å². The van der Waals surface area contributed by atoms with Crippen molar-refractivity contribution in [3.8, 4) is 11.5 Å². The van der Waals surface area contributed by atoms with Crippen LogP contribution in [-0.2, 0) is 11.2 Å². The zero-order valence-corrected chi connectivity index (χ0v) is 15.3. The van der Waals surface area contributed by atoms with Crippen LogP contribution in [0.25, 0.3) is 0 Å². The standard InChI is InChI=1S/C20H24N2O4/c1-4-16(5-2)21-20(23)13-15-6-9-18(10-7-15)26-19-11-8-17(22(24)25)12-14(19)3/h6-12,16H,4-5,13H2,1-3H3,(H,21,23). The van der Waals surface area contributed by atoms with Gasteiger partial charge in [-0.15, -0.1) is 0 Å². The minimum atomic E-state index is -0.432. The van der Waals surface area contributed by atoms with Crippen LogP contribution in [0.5, 0.6) is 11.5 Å². The molecule has 0 radical (unpaired) electrons. The van der Waals surface area contributed by atoms with Crippen molar-refractivity contribution in [2.75, 3.05) is 0 Å². The normalized spacial score (nSPS) is 10.6. The third-order valence-electron chi connectivity index (χ3n) is 4.24. The lowest BCUT2D eigenvalue weighted by Gasteiger charge is -2.14. The number of carbonyl (C=O) groups excluding carboxylic acids is 1. The molecule has 0 bridgehead atoms. The summed E-state index contributed by atoms with van der Waals surface area (Å²) in [5, 5.41) is 13.8. The number of nitrogens with zero attached hydrogens (tertiary/aromatic N) is 1. The molecule has 0 aliphatic heterocycles. The van der Waals surface area contributed by atoms with Gasteiger partial charge in [-0.05, 0) is 49.1 Å². The van der Waals surface area contributed by atoms with Gasteiger partial charge in [-0.1, -0.05) is 26.0 Å². The van der Waals surface area contributed by atoms with E-state index >= 15 is 0 Å². The van der Waals surface area contributed by atoms with Crippen molar-refractivity contribution in [1.82, 2.24) is 5.32 Å². The minimum Gasteiger partial charge on any atom is -0.457 e. The highest BCUT2D eigenvalue weighted by atomic mass is 16.6. The summed E-state index contributed by atoms with van der Waals surface area (Å²) in [7, 11) is 0. The third-order valence-corrected chi connectivity index (χ3v) is 4.24. The van der Waals surface area contributed by atoms with Crippen LogP contribution in [0.4, 0.5) is 5.69 Å². The predicted octanol–water partition coefficient (Wildman–Crippen LogP) is 4.54. The first-order valence-electron chi connectivity index (χ1n) is 8.74. The number of non-ortho nitro benzene ring substituents is 1. The maximum atomic E-state index is 12.1. The Morgan fingerprint density at radius 1 is 1.15 bits per heavy atom. The van der Waals surface area contributed by atoms with Gasteiger partial charge in [0.05, 0.1) is 11.3 Å². The average Bonchev–Trinajstić information content (AvgIpc) is 2.62. The van der Waals surface area contributed by atoms with Crippen molar-refractivity contribution < 1.29 is 14.5 Å². The molecule has 0 saturated carbocycles. The highest BCUT2D eigenvalue weighted by Crippen LogP contribution is 2.28. The Morgan fingerprint density at radius 2 is 1.81 bits per heavy atom. The van der Waals surface area contributed by atoms with Gasteiger partial charge >= 0.3 is 0 Å². The number of nitro groups is 1. The predicted molar refractivity (Wildman–Crippen MR) is 101 cm³/mol. The molecule has 138 valence electrons. The summed E-state index contributed by atoms with van der Waals surface area (Å²) in [5.74, 6) is 1.19. The molecule has 0 spiro atoms. The van der Waals surface area contributed by atoms with Gasteiger partial charge in [0.1, 0.15) is 11.5 Å². The van der Waals surface area contributed by atoms with Gasteiger partial charge in [0.25, 0.3) is 5.69 Å². The van der Waals surface area contributed by atoms with Crippen LogP contribution >= 0.6 is 0 Å². The lowest BCUT2D eigenvalue weighted by molar-refractivity contribution is -0.384. The zero-order valence-electron chi connectivity index (χ0n) is 15.3. The molecule has 0 aliphatic carbocycles. The molecule has 0 heterocycles. The second-order valence-corrected chi connectivity index (χ2v) is 6.21. The van der Waals surface area contributed by atoms with E-state index in [4.69, 9.17) is 4.74 Å². The number of hydrogen-bond donors (Lipinski definition) is 1. The second-order valence-electron chi connectivity index (χ2n) is 6.21. The van der Waals surface area contributed by atoms with E-state index in [2.05, 4.69) is 19.2 Å². The van der Waals surface area contributed by atoms with Gasteiger partial charge < -0.3 is 10.1 Å². The van der Waals surface area contributed by atoms with Crippen molar-refractivity contribution in [3.63, 3.8) is 0 Å². The van der Waals surface area contributed by atoms with Gasteiger partial charge in [0.15, 0.2) is 0 Å². The van der Waals surface area contributed by atoms with E-state index in [-0.39, 0.29) is 17.6 Å². The molecule has 0 atom stereocenters. The minimum absolute atomic E-state index is 0.0126. The monoisotopic (exact) mass is 356 g/mol. The molecule has 1 amide bonds. The molecule has 0 aromatic heterocycles. The van der Waals surface area contributed by atoms with E-state index in [0.717, 1.165) is 18.4 Å². The number of hydrogen-bond acceptors (Lipinski definition) is 4. The Labute approximate surface area is 153 Å². The van der Waals surface area contributed by atoms with Crippen molar-refractivity contribution in [3.05, 3.63) is 63.7 Å². The summed E-state index contributed by atoms with van der Waals surface area (Å²) < 4.78 is 5.78. The van der Waals surface area contributed by atoms with E-state index in [1.54, 1.807) is 25.1 Å². The quantitative estimate of drug-likeness (QED) is 0.556. The number of carbonyl (C=O) groups is 1. The van der Waals surface area contributed by atoms with Gasteiger partial charge in [-0.3, -0.25) is 14.9 Å². The maximum Gasteiger partial charge on any atom is 0.269 e. The molecule has 0 fully saturated rings. The maximum absolute atomic E-state index is 12.1. The molecule has 2 rings (SSSR count). The van der Waals surface area contributed by atoms with Crippen LogP contribution < -0.4 is 10.1 Å². The molecule has 6 heteroatoms. The number of rotatable bonds is 8. The summed E-state index contributed by atoms with van der Waals surface area (Å²) in [6.07, 6.45) is 2.17. The van der Waals surface area contributed by atoms with Crippen LogP contribution in [0.15, 0.2) is 42.5 Å². The van der Waals surface area contributed by atoms with Crippen molar-refractivity contribution in [2.24, 2.45) is 0 Å². The van der Waals surface area contributed by atoms with Gasteiger partial charge in [-0.25, -0.2) is 0 Å². The van der Waals surface area contributed by atoms with E-state index in [0.29, 0.717) is 23.5 Å². The van der Waals surface area contributed by atoms with E-state index < -0.39 is 4.92 Å². The molecule has 26 heavy (non-hydrogen) atoms. The van der Waals surface area contributed by atoms with Crippen LogP contribution in [-0.4, -0.2) is 16.9 Å². The van der Waals surface area contributed by atoms with Crippen LogP contribution in [0.2, 0.25) is 0 Å². The highest BCUT2D eigenvalue weighted by Gasteiger charge is 2.11. The van der Waals surface area contributed by atoms with Gasteiger partial charge in [0, 0.05) is 18.2 Å². The fraction of sp³-hybridized carbons (Fsp3) is 0.350. The molecule has 0 unspecified atom stereocenters. The molecule has 6 nitrogen and oxygen atoms in total. The second kappa shape index (κ2) is 8.99. The molecule has 2 aromatic carbocycles. The summed E-state index contributed by atoms with van der Waals surface area (Å²) in [6.45, 7) is 5.88. The highest BCUT2D eigenvalue weighted by molar-refractivity contribution is 5.78. The van der Waals surface area contributed by atoms with Crippen LogP contribution in [0, 0.1) is 17.0 Å². The molecule has 1 N–H and O–H groups in total. The summed E-state index contributed by atoms with van der Waals surface area (Å²) in [4.78, 5) is 22.4. The summed E-state index contributed by atoms with van der Waals surface area (Å²) in [6, 6.07) is 12.0. The number of nitrogens with one attached hydrogen (secondary N) is 1. The SMILES string of the molecule is CCC(CC)NC(=O)Cc1ccc(Oc2ccc([N+](=O)[O-])cc2C)cc1. The first kappa shape index (κ1) is 19.4. The fourth-order valence-electron chi connectivity index (χ4n) is 2.62. The van der Waals surface area contributed by atoms with Gasteiger partial charge in [-0.2, -0.15) is 0 Å². The van der Waals surface area contributed by atoms with Crippen LogP contribution in [0.1, 0.15) is 37.8 Å². The average molecular weight is 356 g/mol. The van der Waals surface area contributed by atoms with E-state index in [1.165, 1.54) is 12.1 Å². The molecular weight excluding hydrogens is 332 g/mol. The third kappa shape index (κ3) is 5.31. The van der Waals surface area contributed by atoms with Crippen molar-refractivity contribution in [2.45, 2.75) is 46.1 Å². The van der Waals surface area contributed by atoms with Crippen molar-refractivity contribution >= 4 is 11.6 Å². The Morgan fingerprint density at radius 3 is 2.35 bits per heavy atom. The Bertz CT molecular complexity index is 768. The summed E-state index contributed by atoms with van der Waals surface area (Å²) in [5.41, 5.74) is 1.63. The topological polar surface area (TPSA) is 81.5 Å². The Kier molecular flexibility index (Phi) is 6.72. The first-order valence-corrected chi connectivity index (χ1v) is 8.74. The molecule has 0 aliphatic rings. The van der Waals surface area contributed by atoms with E-state index in [1.807, 2.05) is 12.1 Å². The lowest BCUT2D eigenvalue weighted by atomic mass is 10.1. The van der Waals surface area contributed by atoms with Gasteiger partial charge in [0.2, 0.25) is 5.91 Å². The number of amides is 1. The number of benzene rings is 2. The largest absolute Gasteiger partial charge is 0.457 e. The Hall–Kier alpha value is -2.89. The smallest absolute Gasteiger partial charge is 0.269 e. The fourth-order valence-corrected chi connectivity index (χ4v) is 2.62. The molecule has 2 aromatic rings. The Balaban J connectivity index is 1.99. The number of ether oxygens (including phenoxy) is 1. The van der Waals surface area contributed by atoms with E-state index in [9.17, 15) is 14.9 Å². The number of aryl methyl sites for hydroxylation is 1. The first-order chi connectivity index (χ1) is 12.4. The molecular formula is C20H24N2O4. The zero-order chi connectivity index (χ0) is 19.1. The summed E-state index contributed by atoms with van der Waals surface area (Å²) >= 11 is 0.